The van der Waals surface area contributed by atoms with Crippen LogP contribution in [0.15, 0.2) is 48.5 Å². The summed E-state index contributed by atoms with van der Waals surface area (Å²) in [5.41, 5.74) is 4.94. The molecule has 0 aromatic heterocycles. The lowest BCUT2D eigenvalue weighted by molar-refractivity contribution is -0.129. The van der Waals surface area contributed by atoms with Crippen molar-refractivity contribution >= 4 is 23.4 Å². The first-order valence-corrected chi connectivity index (χ1v) is 7.12. The molecule has 0 radical (unpaired) electrons. The van der Waals surface area contributed by atoms with Crippen molar-refractivity contribution in [2.24, 2.45) is 0 Å². The average Bonchev–Trinajstić information content (AvgIpc) is 2.52. The molecule has 2 rings (SSSR count). The van der Waals surface area contributed by atoms with E-state index >= 15 is 0 Å². The van der Waals surface area contributed by atoms with Crippen LogP contribution in [-0.4, -0.2) is 18.4 Å². The van der Waals surface area contributed by atoms with Gasteiger partial charge >= 0.3 is 0 Å². The van der Waals surface area contributed by atoms with E-state index < -0.39 is 17.6 Å². The number of ether oxygens (including phenoxy) is 1. The largest absolute Gasteiger partial charge is 0.482 e. The number of halogens is 2. The first-order valence-electron chi connectivity index (χ1n) is 6.74. The second kappa shape index (κ2) is 8.14. The highest BCUT2D eigenvalue weighted by Crippen LogP contribution is 2.22. The van der Waals surface area contributed by atoms with Gasteiger partial charge in [-0.15, -0.1) is 0 Å². The Morgan fingerprint density at radius 1 is 1.04 bits per heavy atom. The molecular formula is C16H14ClFN2O3. The van der Waals surface area contributed by atoms with Gasteiger partial charge in [0.25, 0.3) is 5.91 Å². The summed E-state index contributed by atoms with van der Waals surface area (Å²) >= 11 is 5.88. The molecule has 0 aliphatic carbocycles. The van der Waals surface area contributed by atoms with Gasteiger partial charge in [0, 0.05) is 0 Å². The fraction of sp³-hybridized carbons (Fsp3) is 0.125. The standard InChI is InChI=1S/C16H14ClFN2O3/c17-13-6-1-2-7-14(13)23-10-16(22)20-19-15(21)9-11-4-3-5-12(18)8-11/h1-8H,9-10H2,(H,19,21)(H,20,22). The Morgan fingerprint density at radius 2 is 1.78 bits per heavy atom. The van der Waals surface area contributed by atoms with Gasteiger partial charge in [0.1, 0.15) is 11.6 Å². The topological polar surface area (TPSA) is 67.4 Å². The summed E-state index contributed by atoms with van der Waals surface area (Å²) in [5.74, 6) is -1.07. The van der Waals surface area contributed by atoms with Crippen LogP contribution in [0.5, 0.6) is 5.75 Å². The predicted octanol–water partition coefficient (Wildman–Crippen LogP) is 2.25. The molecule has 0 atom stereocenters. The van der Waals surface area contributed by atoms with Gasteiger partial charge < -0.3 is 4.74 Å². The first kappa shape index (κ1) is 16.8. The predicted molar refractivity (Wildman–Crippen MR) is 83.3 cm³/mol. The van der Waals surface area contributed by atoms with Gasteiger partial charge in [-0.05, 0) is 29.8 Å². The van der Waals surface area contributed by atoms with Gasteiger partial charge in [-0.1, -0.05) is 35.9 Å². The highest BCUT2D eigenvalue weighted by Gasteiger charge is 2.08. The van der Waals surface area contributed by atoms with Crippen LogP contribution < -0.4 is 15.6 Å². The molecule has 5 nitrogen and oxygen atoms in total. The van der Waals surface area contributed by atoms with Crippen molar-refractivity contribution in [3.8, 4) is 5.75 Å². The van der Waals surface area contributed by atoms with Crippen molar-refractivity contribution in [2.45, 2.75) is 6.42 Å². The summed E-state index contributed by atoms with van der Waals surface area (Å²) < 4.78 is 18.2. The zero-order chi connectivity index (χ0) is 16.7. The number of hydrogen-bond donors (Lipinski definition) is 2. The van der Waals surface area contributed by atoms with E-state index in [-0.39, 0.29) is 13.0 Å². The molecule has 23 heavy (non-hydrogen) atoms. The van der Waals surface area contributed by atoms with Crippen LogP contribution in [0.3, 0.4) is 0 Å². The lowest BCUT2D eigenvalue weighted by atomic mass is 10.1. The van der Waals surface area contributed by atoms with Crippen LogP contribution in [0.1, 0.15) is 5.56 Å². The molecule has 2 amide bonds. The summed E-state index contributed by atoms with van der Waals surface area (Å²) in [5, 5.41) is 0.385. The fourth-order valence-electron chi connectivity index (χ4n) is 1.76. The minimum Gasteiger partial charge on any atom is -0.482 e. The first-order chi connectivity index (χ1) is 11.0. The minimum absolute atomic E-state index is 0.0522. The molecule has 0 fully saturated rings. The van der Waals surface area contributed by atoms with Gasteiger partial charge in [-0.2, -0.15) is 0 Å². The number of para-hydroxylation sites is 1. The average molecular weight is 337 g/mol. The van der Waals surface area contributed by atoms with Crippen molar-refractivity contribution < 1.29 is 18.7 Å². The van der Waals surface area contributed by atoms with Gasteiger partial charge in [0.2, 0.25) is 5.91 Å². The molecular weight excluding hydrogens is 323 g/mol. The molecule has 0 spiro atoms. The number of benzene rings is 2. The third kappa shape index (κ3) is 5.60. The summed E-state index contributed by atoms with van der Waals surface area (Å²) in [6.45, 7) is -0.302. The van der Waals surface area contributed by atoms with Crippen LogP contribution in [0, 0.1) is 5.82 Å². The van der Waals surface area contributed by atoms with E-state index in [1.807, 2.05) is 0 Å². The maximum Gasteiger partial charge on any atom is 0.276 e. The zero-order valence-electron chi connectivity index (χ0n) is 12.0. The molecule has 0 aliphatic heterocycles. The van der Waals surface area contributed by atoms with Crippen LogP contribution in [0.4, 0.5) is 4.39 Å². The Morgan fingerprint density at radius 3 is 2.52 bits per heavy atom. The molecule has 2 aromatic carbocycles. The number of hydrazine groups is 1. The lowest BCUT2D eigenvalue weighted by Gasteiger charge is -2.09. The SMILES string of the molecule is O=C(COc1ccccc1Cl)NNC(=O)Cc1cccc(F)c1. The van der Waals surface area contributed by atoms with Gasteiger partial charge in [0.15, 0.2) is 6.61 Å². The molecule has 0 saturated heterocycles. The van der Waals surface area contributed by atoms with Gasteiger partial charge in [-0.3, -0.25) is 20.4 Å². The number of hydrogen-bond acceptors (Lipinski definition) is 3. The van der Waals surface area contributed by atoms with Crippen LogP contribution in [-0.2, 0) is 16.0 Å². The van der Waals surface area contributed by atoms with Crippen molar-refractivity contribution in [2.75, 3.05) is 6.61 Å². The number of rotatable bonds is 5. The summed E-state index contributed by atoms with van der Waals surface area (Å²) in [6, 6.07) is 12.4. The Labute approximate surface area is 137 Å². The summed E-state index contributed by atoms with van der Waals surface area (Å²) in [4.78, 5) is 23.2. The number of carbonyl (C=O) groups is 2. The van der Waals surface area contributed by atoms with E-state index in [1.165, 1.54) is 18.2 Å². The molecule has 120 valence electrons. The second-order valence-electron chi connectivity index (χ2n) is 4.62. The van der Waals surface area contributed by atoms with E-state index in [2.05, 4.69) is 10.9 Å². The summed E-state index contributed by atoms with van der Waals surface area (Å²) in [7, 11) is 0. The monoisotopic (exact) mass is 336 g/mol. The molecule has 2 N–H and O–H groups in total. The van der Waals surface area contributed by atoms with E-state index in [9.17, 15) is 14.0 Å². The van der Waals surface area contributed by atoms with Crippen LogP contribution in [0.2, 0.25) is 5.02 Å². The number of nitrogens with one attached hydrogen (secondary N) is 2. The lowest BCUT2D eigenvalue weighted by Crippen LogP contribution is -2.44. The maximum atomic E-state index is 13.0. The quantitative estimate of drug-likeness (QED) is 0.823. The molecule has 2 aromatic rings. The van der Waals surface area contributed by atoms with E-state index in [1.54, 1.807) is 30.3 Å². The maximum absolute atomic E-state index is 13.0. The third-order valence-electron chi connectivity index (χ3n) is 2.79. The second-order valence-corrected chi connectivity index (χ2v) is 5.03. The zero-order valence-corrected chi connectivity index (χ0v) is 12.8. The molecule has 7 heteroatoms. The molecule has 0 unspecified atom stereocenters. The Bertz CT molecular complexity index is 709. The molecule has 0 bridgehead atoms. The van der Waals surface area contributed by atoms with E-state index in [0.29, 0.717) is 16.3 Å². The molecule has 0 saturated carbocycles. The van der Waals surface area contributed by atoms with E-state index in [0.717, 1.165) is 0 Å². The third-order valence-corrected chi connectivity index (χ3v) is 3.10. The van der Waals surface area contributed by atoms with Crippen molar-refractivity contribution in [3.63, 3.8) is 0 Å². The van der Waals surface area contributed by atoms with Crippen molar-refractivity contribution in [1.82, 2.24) is 10.9 Å². The number of amides is 2. The Kier molecular flexibility index (Phi) is 5.94. The molecule has 0 aliphatic rings. The van der Waals surface area contributed by atoms with Crippen LogP contribution in [0.25, 0.3) is 0 Å². The highest BCUT2D eigenvalue weighted by atomic mass is 35.5. The Hall–Kier alpha value is -2.60. The number of carbonyl (C=O) groups excluding carboxylic acids is 2. The highest BCUT2D eigenvalue weighted by molar-refractivity contribution is 6.32. The fourth-order valence-corrected chi connectivity index (χ4v) is 1.95. The smallest absolute Gasteiger partial charge is 0.276 e. The molecule has 0 heterocycles. The summed E-state index contributed by atoms with van der Waals surface area (Å²) in [6.07, 6.45) is -0.0522. The Balaban J connectivity index is 1.74. The van der Waals surface area contributed by atoms with Crippen molar-refractivity contribution in [1.29, 1.82) is 0 Å². The van der Waals surface area contributed by atoms with Gasteiger partial charge in [-0.25, -0.2) is 4.39 Å². The minimum atomic E-state index is -0.544. The normalized spacial score (nSPS) is 10.0. The van der Waals surface area contributed by atoms with Crippen molar-refractivity contribution in [3.05, 3.63) is 64.9 Å². The van der Waals surface area contributed by atoms with E-state index in [4.69, 9.17) is 16.3 Å². The van der Waals surface area contributed by atoms with Gasteiger partial charge in [0.05, 0.1) is 11.4 Å². The van der Waals surface area contributed by atoms with Crippen LogP contribution >= 0.6 is 11.6 Å².